The largest absolute Gasteiger partial charge is 0.497 e. The van der Waals surface area contributed by atoms with Crippen molar-refractivity contribution in [2.45, 2.75) is 33.5 Å². The number of hydrogen-bond acceptors (Lipinski definition) is 7. The zero-order valence-electron chi connectivity index (χ0n) is 21.1. The molecule has 1 saturated heterocycles. The lowest BCUT2D eigenvalue weighted by Crippen LogP contribution is -2.28. The Kier molecular flexibility index (Phi) is 8.29. The highest BCUT2D eigenvalue weighted by molar-refractivity contribution is 8.26. The number of aromatic nitrogens is 1. The summed E-state index contributed by atoms with van der Waals surface area (Å²) >= 11 is 6.69. The molecule has 38 heavy (non-hydrogen) atoms. The average Bonchev–Trinajstić information content (AvgIpc) is 3.18. The molecule has 0 saturated carbocycles. The normalized spacial score (nSPS) is 14.2. The molecule has 0 radical (unpaired) electrons. The van der Waals surface area contributed by atoms with Crippen LogP contribution in [-0.2, 0) is 24.4 Å². The summed E-state index contributed by atoms with van der Waals surface area (Å²) in [5.74, 6) is 0.589. The molecule has 0 unspecified atom stereocenters. The fourth-order valence-electron chi connectivity index (χ4n) is 4.12. The molecular formula is C28H25FN4O3S2. The maximum Gasteiger partial charge on any atom is 0.270 e. The molecular weight excluding hydrogens is 523 g/mol. The molecule has 1 fully saturated rings. The van der Waals surface area contributed by atoms with E-state index in [1.54, 1.807) is 39.2 Å². The van der Waals surface area contributed by atoms with Crippen molar-refractivity contribution in [3.8, 4) is 11.8 Å². The van der Waals surface area contributed by atoms with Crippen molar-refractivity contribution in [3.63, 3.8) is 0 Å². The molecule has 0 spiro atoms. The number of methoxy groups -OCH3 is 1. The van der Waals surface area contributed by atoms with Gasteiger partial charge in [0.05, 0.1) is 18.6 Å². The summed E-state index contributed by atoms with van der Waals surface area (Å²) in [5, 5.41) is 13.0. The third-order valence-electron chi connectivity index (χ3n) is 6.21. The second-order valence-corrected chi connectivity index (χ2v) is 10.2. The van der Waals surface area contributed by atoms with E-state index < -0.39 is 5.56 Å². The van der Waals surface area contributed by atoms with Gasteiger partial charge in [0.15, 0.2) is 0 Å². The number of ether oxygens (including phenoxy) is 1. The first-order valence-corrected chi connectivity index (χ1v) is 13.0. The first-order valence-electron chi connectivity index (χ1n) is 11.8. The van der Waals surface area contributed by atoms with Crippen molar-refractivity contribution in [2.24, 2.45) is 0 Å². The molecule has 1 aliphatic heterocycles. The Hall–Kier alpha value is -3.94. The number of carbonyl (C=O) groups excluding carboxylic acids is 1. The smallest absolute Gasteiger partial charge is 0.270 e. The SMILES string of the molecule is CCn1c(NCc2ccc(F)cc2)c(/C=C2/SC(=S)N(Cc3ccc(OC)cc3)C2=O)c(C)c(C#N)c1=O. The van der Waals surface area contributed by atoms with Gasteiger partial charge in [0, 0.05) is 18.7 Å². The molecule has 0 bridgehead atoms. The number of amides is 1. The van der Waals surface area contributed by atoms with Crippen LogP contribution in [0.15, 0.2) is 58.2 Å². The lowest BCUT2D eigenvalue weighted by atomic mass is 10.0. The van der Waals surface area contributed by atoms with Gasteiger partial charge in [-0.15, -0.1) is 0 Å². The Balaban J connectivity index is 1.72. The van der Waals surface area contributed by atoms with Crippen molar-refractivity contribution in [3.05, 3.63) is 97.4 Å². The Morgan fingerprint density at radius 1 is 1.13 bits per heavy atom. The first-order chi connectivity index (χ1) is 18.3. The number of pyridine rings is 1. The summed E-state index contributed by atoms with van der Waals surface area (Å²) in [6.07, 6.45) is 1.68. The Morgan fingerprint density at radius 3 is 2.39 bits per heavy atom. The Labute approximate surface area is 229 Å². The number of thioether (sulfide) groups is 1. The van der Waals surface area contributed by atoms with Crippen LogP contribution in [0.2, 0.25) is 0 Å². The zero-order valence-corrected chi connectivity index (χ0v) is 22.7. The van der Waals surface area contributed by atoms with E-state index in [2.05, 4.69) is 5.32 Å². The van der Waals surface area contributed by atoms with Gasteiger partial charge in [-0.25, -0.2) is 4.39 Å². The van der Waals surface area contributed by atoms with E-state index in [1.807, 2.05) is 30.3 Å². The predicted molar refractivity (Wildman–Crippen MR) is 151 cm³/mol. The number of hydrogen-bond donors (Lipinski definition) is 1. The number of halogens is 1. The van der Waals surface area contributed by atoms with Gasteiger partial charge in [-0.05, 0) is 60.9 Å². The maximum atomic E-state index is 13.4. The van der Waals surface area contributed by atoms with Crippen molar-refractivity contribution in [2.75, 3.05) is 12.4 Å². The van der Waals surface area contributed by atoms with E-state index >= 15 is 0 Å². The topological polar surface area (TPSA) is 87.4 Å². The average molecular weight is 549 g/mol. The highest BCUT2D eigenvalue weighted by Crippen LogP contribution is 2.36. The monoisotopic (exact) mass is 548 g/mol. The molecule has 4 rings (SSSR count). The van der Waals surface area contributed by atoms with Crippen LogP contribution in [0, 0.1) is 24.1 Å². The van der Waals surface area contributed by atoms with Crippen molar-refractivity contribution in [1.29, 1.82) is 5.26 Å². The van der Waals surface area contributed by atoms with E-state index in [1.165, 1.54) is 33.4 Å². The number of nitriles is 1. The minimum Gasteiger partial charge on any atom is -0.497 e. The molecule has 1 amide bonds. The van der Waals surface area contributed by atoms with Crippen LogP contribution >= 0.6 is 24.0 Å². The summed E-state index contributed by atoms with van der Waals surface area (Å²) in [6.45, 7) is 4.41. The molecule has 194 valence electrons. The van der Waals surface area contributed by atoms with Gasteiger partial charge in [0.25, 0.3) is 11.5 Å². The molecule has 0 aliphatic carbocycles. The highest BCUT2D eigenvalue weighted by atomic mass is 32.2. The van der Waals surface area contributed by atoms with Gasteiger partial charge in [0.1, 0.15) is 33.3 Å². The molecule has 1 aromatic heterocycles. The van der Waals surface area contributed by atoms with E-state index in [0.29, 0.717) is 45.8 Å². The predicted octanol–water partition coefficient (Wildman–Crippen LogP) is 5.21. The minimum absolute atomic E-state index is 0.0131. The van der Waals surface area contributed by atoms with Crippen molar-refractivity contribution >= 4 is 46.1 Å². The lowest BCUT2D eigenvalue weighted by Gasteiger charge is -2.19. The molecule has 3 aromatic rings. The third-order valence-corrected chi connectivity index (χ3v) is 7.59. The second kappa shape index (κ2) is 11.6. The number of anilines is 1. The van der Waals surface area contributed by atoms with Gasteiger partial charge >= 0.3 is 0 Å². The van der Waals surface area contributed by atoms with Crippen molar-refractivity contribution < 1.29 is 13.9 Å². The zero-order chi connectivity index (χ0) is 27.4. The summed E-state index contributed by atoms with van der Waals surface area (Å²) in [5.41, 5.74) is 2.31. The summed E-state index contributed by atoms with van der Waals surface area (Å²) in [7, 11) is 1.59. The fourth-order valence-corrected chi connectivity index (χ4v) is 5.36. The maximum absolute atomic E-state index is 13.4. The van der Waals surface area contributed by atoms with Gasteiger partial charge in [-0.3, -0.25) is 19.1 Å². The van der Waals surface area contributed by atoms with Crippen molar-refractivity contribution in [1.82, 2.24) is 9.47 Å². The standard InChI is InChI=1S/C28H25FN4O3S2/c1-4-32-25(31-15-18-5-9-20(29)10-6-18)22(17(2)23(14-30)26(32)34)13-24-27(35)33(28(37)38-24)16-19-7-11-21(36-3)12-8-19/h5-13,31H,4,15-16H2,1-3H3/b24-13+. The second-order valence-electron chi connectivity index (χ2n) is 8.52. The molecule has 7 nitrogen and oxygen atoms in total. The third kappa shape index (κ3) is 5.49. The number of benzene rings is 2. The van der Waals surface area contributed by atoms with Gasteiger partial charge in [-0.2, -0.15) is 5.26 Å². The molecule has 0 atom stereocenters. The first kappa shape index (κ1) is 27.1. The number of nitrogens with zero attached hydrogens (tertiary/aromatic N) is 3. The minimum atomic E-state index is -0.418. The quantitative estimate of drug-likeness (QED) is 0.305. The molecule has 1 aliphatic rings. The number of rotatable bonds is 8. The number of nitrogens with one attached hydrogen (secondary N) is 1. The van der Waals surface area contributed by atoms with Crippen LogP contribution in [-0.4, -0.2) is 26.8 Å². The Bertz CT molecular complexity index is 1520. The van der Waals surface area contributed by atoms with Crippen LogP contribution in [0.1, 0.15) is 34.7 Å². The summed E-state index contributed by atoms with van der Waals surface area (Å²) < 4.78 is 20.4. The van der Waals surface area contributed by atoms with E-state index in [9.17, 15) is 19.2 Å². The van der Waals surface area contributed by atoms with Crippen LogP contribution in [0.25, 0.3) is 6.08 Å². The Morgan fingerprint density at radius 2 is 1.79 bits per heavy atom. The van der Waals surface area contributed by atoms with Gasteiger partial charge in [0.2, 0.25) is 0 Å². The summed E-state index contributed by atoms with van der Waals surface area (Å²) in [6, 6.07) is 15.4. The summed E-state index contributed by atoms with van der Waals surface area (Å²) in [4.78, 5) is 28.4. The molecule has 1 N–H and O–H groups in total. The fraction of sp³-hybridized carbons (Fsp3) is 0.214. The van der Waals surface area contributed by atoms with Gasteiger partial charge < -0.3 is 10.1 Å². The van der Waals surface area contributed by atoms with E-state index in [-0.39, 0.29) is 17.3 Å². The van der Waals surface area contributed by atoms with Crippen LogP contribution in [0.4, 0.5) is 10.2 Å². The van der Waals surface area contributed by atoms with Crippen LogP contribution in [0.5, 0.6) is 5.75 Å². The molecule has 10 heteroatoms. The molecule has 2 heterocycles. The van der Waals surface area contributed by atoms with Crippen LogP contribution < -0.4 is 15.6 Å². The number of thiocarbonyl (C=S) groups is 1. The van der Waals surface area contributed by atoms with Crippen LogP contribution in [0.3, 0.4) is 0 Å². The van der Waals surface area contributed by atoms with E-state index in [0.717, 1.165) is 16.9 Å². The highest BCUT2D eigenvalue weighted by Gasteiger charge is 2.33. The lowest BCUT2D eigenvalue weighted by molar-refractivity contribution is -0.122. The van der Waals surface area contributed by atoms with Gasteiger partial charge in [-0.1, -0.05) is 48.2 Å². The molecule has 2 aromatic carbocycles. The van der Waals surface area contributed by atoms with E-state index in [4.69, 9.17) is 17.0 Å². The number of carbonyl (C=O) groups is 1.